The molecule has 0 unspecified atom stereocenters. The zero-order chi connectivity index (χ0) is 25.2. The number of nitrogens with one attached hydrogen (secondary N) is 2. The highest BCUT2D eigenvalue weighted by molar-refractivity contribution is 6.35. The molecule has 0 aliphatic rings. The van der Waals surface area contributed by atoms with Crippen LogP contribution >= 0.6 is 23.2 Å². The maximum atomic E-state index is 13.0. The quantitative estimate of drug-likeness (QED) is 0.222. The van der Waals surface area contributed by atoms with E-state index in [0.29, 0.717) is 28.6 Å². The first-order chi connectivity index (χ1) is 16.9. The van der Waals surface area contributed by atoms with E-state index in [0.717, 1.165) is 16.7 Å². The van der Waals surface area contributed by atoms with Gasteiger partial charge in [-0.25, -0.2) is 10.3 Å². The van der Waals surface area contributed by atoms with E-state index in [1.54, 1.807) is 66.7 Å². The zero-order valence-electron chi connectivity index (χ0n) is 18.6. The Balaban J connectivity index is 1.74. The minimum Gasteiger partial charge on any atom is -0.320 e. The maximum Gasteiger partial charge on any atom is 0.324 e. The fraction of sp³-hybridized carbons (Fsp3) is 0.115. The first-order valence-corrected chi connectivity index (χ1v) is 11.4. The fourth-order valence-electron chi connectivity index (χ4n) is 3.23. The number of urea groups is 1. The van der Waals surface area contributed by atoms with Crippen molar-refractivity contribution < 1.29 is 19.6 Å². The van der Waals surface area contributed by atoms with Gasteiger partial charge in [0.25, 0.3) is 11.8 Å². The van der Waals surface area contributed by atoms with Crippen LogP contribution in [0, 0.1) is 0 Å². The number of carbonyl (C=O) groups excluding carboxylic acids is 3. The summed E-state index contributed by atoms with van der Waals surface area (Å²) >= 11 is 12.3. The highest BCUT2D eigenvalue weighted by Gasteiger charge is 2.18. The number of halogens is 2. The minimum atomic E-state index is -0.638. The average Bonchev–Trinajstić information content (AvgIpc) is 2.87. The van der Waals surface area contributed by atoms with Crippen molar-refractivity contribution in [1.29, 1.82) is 0 Å². The summed E-state index contributed by atoms with van der Waals surface area (Å²) in [7, 11) is 0. The standard InChI is InChI=1S/C26H23Cl2N3O4/c27-22-12-11-20(23(28)16-22)14-15-31(26(34)29-25(33)21-4-2-1-3-5-21)17-19-8-6-18(7-9-19)10-13-24(32)30-35/h1-13,16,35H,14-15,17H2,(H,30,32)(H,29,33,34)/b13-10+. The lowest BCUT2D eigenvalue weighted by Gasteiger charge is -2.23. The van der Waals surface area contributed by atoms with E-state index < -0.39 is 17.8 Å². The molecule has 0 aromatic heterocycles. The van der Waals surface area contributed by atoms with Crippen LogP contribution in [0.1, 0.15) is 27.0 Å². The van der Waals surface area contributed by atoms with E-state index in [9.17, 15) is 14.4 Å². The van der Waals surface area contributed by atoms with Crippen LogP contribution in [0.5, 0.6) is 0 Å². The highest BCUT2D eigenvalue weighted by Crippen LogP contribution is 2.22. The van der Waals surface area contributed by atoms with Crippen molar-refractivity contribution in [2.45, 2.75) is 13.0 Å². The molecule has 0 radical (unpaired) electrons. The molecule has 3 N–H and O–H groups in total. The number of nitrogens with zero attached hydrogens (tertiary/aromatic N) is 1. The molecule has 3 aromatic carbocycles. The first-order valence-electron chi connectivity index (χ1n) is 10.7. The van der Waals surface area contributed by atoms with Crippen LogP contribution in [0.2, 0.25) is 10.0 Å². The van der Waals surface area contributed by atoms with Gasteiger partial charge in [-0.3, -0.25) is 20.1 Å². The van der Waals surface area contributed by atoms with Gasteiger partial charge < -0.3 is 4.90 Å². The zero-order valence-corrected chi connectivity index (χ0v) is 20.1. The van der Waals surface area contributed by atoms with Gasteiger partial charge in [-0.1, -0.05) is 71.7 Å². The van der Waals surface area contributed by atoms with Crippen LogP contribution in [0.3, 0.4) is 0 Å². The van der Waals surface area contributed by atoms with Crippen molar-refractivity contribution in [3.63, 3.8) is 0 Å². The molecule has 0 saturated carbocycles. The minimum absolute atomic E-state index is 0.236. The average molecular weight is 512 g/mol. The molecule has 0 bridgehead atoms. The summed E-state index contributed by atoms with van der Waals surface area (Å²) in [4.78, 5) is 38.2. The first kappa shape index (κ1) is 26.0. The molecule has 4 amide bonds. The van der Waals surface area contributed by atoms with Crippen molar-refractivity contribution in [3.05, 3.63) is 111 Å². The van der Waals surface area contributed by atoms with Gasteiger partial charge in [-0.2, -0.15) is 0 Å². The van der Waals surface area contributed by atoms with Gasteiger partial charge in [0.15, 0.2) is 0 Å². The van der Waals surface area contributed by atoms with Gasteiger partial charge in [-0.15, -0.1) is 0 Å². The monoisotopic (exact) mass is 511 g/mol. The number of hydroxylamine groups is 1. The summed E-state index contributed by atoms with van der Waals surface area (Å²) in [6.07, 6.45) is 3.20. The van der Waals surface area contributed by atoms with Gasteiger partial charge in [0, 0.05) is 34.8 Å². The van der Waals surface area contributed by atoms with Gasteiger partial charge in [0.1, 0.15) is 0 Å². The number of amides is 4. The van der Waals surface area contributed by atoms with Gasteiger partial charge in [0.05, 0.1) is 0 Å². The number of benzene rings is 3. The molecule has 35 heavy (non-hydrogen) atoms. The molecule has 180 valence electrons. The Labute approximate surface area is 212 Å². The Morgan fingerprint density at radius 1 is 0.943 bits per heavy atom. The van der Waals surface area contributed by atoms with E-state index in [2.05, 4.69) is 5.32 Å². The van der Waals surface area contributed by atoms with Crippen molar-refractivity contribution >= 4 is 47.1 Å². The molecule has 3 rings (SSSR count). The molecule has 0 aliphatic carbocycles. The molecule has 9 heteroatoms. The molecule has 0 saturated heterocycles. The van der Waals surface area contributed by atoms with Gasteiger partial charge in [0.2, 0.25) is 0 Å². The molecule has 0 aliphatic heterocycles. The lowest BCUT2D eigenvalue weighted by Crippen LogP contribution is -2.43. The third-order valence-corrected chi connectivity index (χ3v) is 5.69. The molecule has 0 atom stereocenters. The third-order valence-electron chi connectivity index (χ3n) is 5.10. The van der Waals surface area contributed by atoms with Crippen molar-refractivity contribution in [3.8, 4) is 0 Å². The molecule has 7 nitrogen and oxygen atoms in total. The lowest BCUT2D eigenvalue weighted by atomic mass is 10.1. The normalized spacial score (nSPS) is 10.7. The maximum absolute atomic E-state index is 13.0. The number of carbonyl (C=O) groups is 3. The highest BCUT2D eigenvalue weighted by atomic mass is 35.5. The second-order valence-corrected chi connectivity index (χ2v) is 8.43. The second kappa shape index (κ2) is 12.7. The molecule has 0 fully saturated rings. The number of hydrogen-bond donors (Lipinski definition) is 3. The van der Waals surface area contributed by atoms with E-state index in [1.165, 1.54) is 16.5 Å². The lowest BCUT2D eigenvalue weighted by molar-refractivity contribution is -0.124. The topological polar surface area (TPSA) is 98.7 Å². The number of rotatable bonds is 8. The molecular weight excluding hydrogens is 489 g/mol. The van der Waals surface area contributed by atoms with Crippen molar-refractivity contribution in [1.82, 2.24) is 15.7 Å². The third kappa shape index (κ3) is 7.96. The predicted molar refractivity (Wildman–Crippen MR) is 135 cm³/mol. The predicted octanol–water partition coefficient (Wildman–Crippen LogP) is 5.11. The molecular formula is C26H23Cl2N3O4. The second-order valence-electron chi connectivity index (χ2n) is 7.58. The Morgan fingerprint density at radius 3 is 2.31 bits per heavy atom. The Hall–Kier alpha value is -3.65. The Kier molecular flexibility index (Phi) is 9.43. The molecule has 0 heterocycles. The van der Waals surface area contributed by atoms with E-state index in [1.807, 2.05) is 12.1 Å². The summed E-state index contributed by atoms with van der Waals surface area (Å²) in [6.45, 7) is 0.536. The summed E-state index contributed by atoms with van der Waals surface area (Å²) in [6, 6.07) is 20.3. The van der Waals surface area contributed by atoms with Crippen LogP contribution in [0.4, 0.5) is 4.79 Å². The fourth-order valence-corrected chi connectivity index (χ4v) is 3.74. The van der Waals surface area contributed by atoms with Crippen LogP contribution < -0.4 is 10.8 Å². The molecule has 3 aromatic rings. The van der Waals surface area contributed by atoms with E-state index in [4.69, 9.17) is 28.4 Å². The summed E-state index contributed by atoms with van der Waals surface area (Å²) in [5.41, 5.74) is 4.28. The number of imide groups is 1. The largest absolute Gasteiger partial charge is 0.324 e. The van der Waals surface area contributed by atoms with Gasteiger partial charge in [-0.05, 0) is 53.5 Å². The van der Waals surface area contributed by atoms with Crippen LogP contribution in [-0.4, -0.2) is 34.5 Å². The Morgan fingerprint density at radius 2 is 1.66 bits per heavy atom. The van der Waals surface area contributed by atoms with E-state index in [-0.39, 0.29) is 6.54 Å². The van der Waals surface area contributed by atoms with Crippen LogP contribution in [0.25, 0.3) is 6.08 Å². The summed E-state index contributed by atoms with van der Waals surface area (Å²) < 4.78 is 0. The molecule has 0 spiro atoms. The van der Waals surface area contributed by atoms with Crippen molar-refractivity contribution in [2.75, 3.05) is 6.54 Å². The van der Waals surface area contributed by atoms with Crippen LogP contribution in [0.15, 0.2) is 78.9 Å². The summed E-state index contributed by atoms with van der Waals surface area (Å²) in [5, 5.41) is 12.0. The summed E-state index contributed by atoms with van der Waals surface area (Å²) in [5.74, 6) is -1.13. The number of hydrogen-bond acceptors (Lipinski definition) is 4. The van der Waals surface area contributed by atoms with Gasteiger partial charge >= 0.3 is 6.03 Å². The van der Waals surface area contributed by atoms with Crippen LogP contribution in [-0.2, 0) is 17.8 Å². The van der Waals surface area contributed by atoms with E-state index >= 15 is 0 Å². The smallest absolute Gasteiger partial charge is 0.320 e. The SMILES string of the molecule is O=C(/C=C/c1ccc(CN(CCc2ccc(Cl)cc2Cl)C(=O)NC(=O)c2ccccc2)cc1)NO. The Bertz CT molecular complexity index is 1220. The van der Waals surface area contributed by atoms with Crippen molar-refractivity contribution in [2.24, 2.45) is 0 Å².